The quantitative estimate of drug-likeness (QED) is 0.903. The van der Waals surface area contributed by atoms with Gasteiger partial charge in [0.1, 0.15) is 17.7 Å². The summed E-state index contributed by atoms with van der Waals surface area (Å²) in [5.41, 5.74) is 1.03. The zero-order chi connectivity index (χ0) is 13.2. The molecular weight excluding hydrogens is 241 g/mol. The minimum atomic E-state index is -0.157. The third-order valence-electron chi connectivity index (χ3n) is 4.55. The molecule has 1 saturated carbocycles. The Labute approximate surface area is 114 Å². The summed E-state index contributed by atoms with van der Waals surface area (Å²) in [6, 6.07) is 5.54. The van der Waals surface area contributed by atoms with E-state index >= 15 is 0 Å². The number of ether oxygens (including phenoxy) is 1. The van der Waals surface area contributed by atoms with Gasteiger partial charge in [0.2, 0.25) is 0 Å². The van der Waals surface area contributed by atoms with Gasteiger partial charge < -0.3 is 10.1 Å². The van der Waals surface area contributed by atoms with Crippen LogP contribution in [0.25, 0.3) is 0 Å². The smallest absolute Gasteiger partial charge is 0.123 e. The second-order valence-electron chi connectivity index (χ2n) is 5.95. The van der Waals surface area contributed by atoms with E-state index < -0.39 is 0 Å². The molecule has 3 unspecified atom stereocenters. The van der Waals surface area contributed by atoms with Crippen molar-refractivity contribution in [2.24, 2.45) is 5.92 Å². The minimum Gasteiger partial charge on any atom is -0.490 e. The molecule has 1 aliphatic carbocycles. The molecule has 1 aromatic rings. The van der Waals surface area contributed by atoms with Gasteiger partial charge >= 0.3 is 0 Å². The van der Waals surface area contributed by atoms with E-state index in [1.54, 1.807) is 12.1 Å². The molecule has 1 N–H and O–H groups in total. The predicted molar refractivity (Wildman–Crippen MR) is 73.9 cm³/mol. The van der Waals surface area contributed by atoms with Crippen molar-refractivity contribution >= 4 is 0 Å². The molecule has 0 amide bonds. The maximum Gasteiger partial charge on any atom is 0.123 e. The van der Waals surface area contributed by atoms with Gasteiger partial charge in [0.05, 0.1) is 0 Å². The fourth-order valence-electron chi connectivity index (χ4n) is 3.56. The van der Waals surface area contributed by atoms with Crippen LogP contribution in [-0.2, 0) is 6.42 Å². The summed E-state index contributed by atoms with van der Waals surface area (Å²) >= 11 is 0. The van der Waals surface area contributed by atoms with Gasteiger partial charge in [-0.2, -0.15) is 0 Å². The van der Waals surface area contributed by atoms with E-state index in [9.17, 15) is 4.39 Å². The van der Waals surface area contributed by atoms with Gasteiger partial charge in [-0.1, -0.05) is 12.8 Å². The van der Waals surface area contributed by atoms with Crippen molar-refractivity contribution in [3.8, 4) is 5.75 Å². The second-order valence-corrected chi connectivity index (χ2v) is 5.95. The maximum absolute atomic E-state index is 13.2. The highest BCUT2D eigenvalue weighted by molar-refractivity contribution is 5.37. The number of nitrogens with one attached hydrogen (secondary N) is 1. The molecule has 19 heavy (non-hydrogen) atoms. The highest BCUT2D eigenvalue weighted by atomic mass is 19.1. The van der Waals surface area contributed by atoms with Crippen LogP contribution in [0.5, 0.6) is 5.75 Å². The molecule has 0 bridgehead atoms. The highest BCUT2D eigenvalue weighted by Gasteiger charge is 2.28. The van der Waals surface area contributed by atoms with E-state index in [0.717, 1.165) is 30.1 Å². The lowest BCUT2D eigenvalue weighted by Gasteiger charge is -2.30. The molecule has 104 valence electrons. The Morgan fingerprint density at radius 2 is 2.26 bits per heavy atom. The Kier molecular flexibility index (Phi) is 3.74. The monoisotopic (exact) mass is 263 g/mol. The number of hydrogen-bond donors (Lipinski definition) is 1. The summed E-state index contributed by atoms with van der Waals surface area (Å²) < 4.78 is 19.1. The van der Waals surface area contributed by atoms with E-state index in [1.807, 2.05) is 0 Å². The van der Waals surface area contributed by atoms with E-state index in [-0.39, 0.29) is 11.9 Å². The number of halogens is 1. The summed E-state index contributed by atoms with van der Waals surface area (Å²) in [5, 5.41) is 3.39. The van der Waals surface area contributed by atoms with Crippen LogP contribution in [0.1, 0.15) is 37.7 Å². The van der Waals surface area contributed by atoms with E-state index in [1.165, 1.54) is 31.7 Å². The molecule has 2 nitrogen and oxygen atoms in total. The standard InChI is InChI=1S/C16H22FNO/c1-18-14-4-2-3-11(7-14)8-15-10-12-9-13(17)5-6-16(12)19-15/h5-6,9,11,14-15,18H,2-4,7-8,10H2,1H3. The molecule has 2 aliphatic rings. The third-order valence-corrected chi connectivity index (χ3v) is 4.55. The molecule has 1 aromatic carbocycles. The molecule has 0 radical (unpaired) electrons. The van der Waals surface area contributed by atoms with Crippen LogP contribution < -0.4 is 10.1 Å². The first-order chi connectivity index (χ1) is 9.24. The Hall–Kier alpha value is -1.09. The van der Waals surface area contributed by atoms with Gasteiger partial charge in [-0.15, -0.1) is 0 Å². The minimum absolute atomic E-state index is 0.157. The summed E-state index contributed by atoms with van der Waals surface area (Å²) in [4.78, 5) is 0. The van der Waals surface area contributed by atoms with Crippen LogP contribution in [0.3, 0.4) is 0 Å². The maximum atomic E-state index is 13.2. The van der Waals surface area contributed by atoms with Crippen molar-refractivity contribution in [1.82, 2.24) is 5.32 Å². The van der Waals surface area contributed by atoms with Gasteiger partial charge in [-0.25, -0.2) is 4.39 Å². The number of hydrogen-bond acceptors (Lipinski definition) is 2. The van der Waals surface area contributed by atoms with Crippen molar-refractivity contribution in [3.63, 3.8) is 0 Å². The lowest BCUT2D eigenvalue weighted by atomic mass is 9.82. The Balaban J connectivity index is 1.58. The van der Waals surface area contributed by atoms with Gasteiger partial charge in [-0.05, 0) is 50.4 Å². The van der Waals surface area contributed by atoms with Gasteiger partial charge in [0.15, 0.2) is 0 Å². The Morgan fingerprint density at radius 3 is 3.11 bits per heavy atom. The number of rotatable bonds is 3. The van der Waals surface area contributed by atoms with Crippen LogP contribution in [0.2, 0.25) is 0 Å². The largest absolute Gasteiger partial charge is 0.490 e. The third kappa shape index (κ3) is 2.92. The molecular formula is C16H22FNO. The summed E-state index contributed by atoms with van der Waals surface area (Å²) in [6.07, 6.45) is 7.39. The average molecular weight is 263 g/mol. The van der Waals surface area contributed by atoms with Crippen molar-refractivity contribution in [1.29, 1.82) is 0 Å². The van der Waals surface area contributed by atoms with Crippen LogP contribution >= 0.6 is 0 Å². The summed E-state index contributed by atoms with van der Waals surface area (Å²) in [5.74, 6) is 1.47. The normalized spacial score (nSPS) is 29.9. The van der Waals surface area contributed by atoms with Crippen molar-refractivity contribution in [2.75, 3.05) is 7.05 Å². The van der Waals surface area contributed by atoms with E-state index in [4.69, 9.17) is 4.74 Å². The van der Waals surface area contributed by atoms with Crippen molar-refractivity contribution < 1.29 is 9.13 Å². The molecule has 1 aliphatic heterocycles. The van der Waals surface area contributed by atoms with Crippen molar-refractivity contribution in [2.45, 2.75) is 50.7 Å². The zero-order valence-corrected chi connectivity index (χ0v) is 11.5. The molecule has 1 fully saturated rings. The van der Waals surface area contributed by atoms with Gasteiger partial charge in [-0.3, -0.25) is 0 Å². The molecule has 3 rings (SSSR count). The van der Waals surface area contributed by atoms with E-state index in [2.05, 4.69) is 12.4 Å². The fourth-order valence-corrected chi connectivity index (χ4v) is 3.56. The van der Waals surface area contributed by atoms with Crippen LogP contribution in [0.4, 0.5) is 4.39 Å². The lowest BCUT2D eigenvalue weighted by Crippen LogP contribution is -2.33. The number of fused-ring (bicyclic) bond motifs is 1. The molecule has 0 aromatic heterocycles. The summed E-state index contributed by atoms with van der Waals surface area (Å²) in [6.45, 7) is 0. The highest BCUT2D eigenvalue weighted by Crippen LogP contribution is 2.35. The van der Waals surface area contributed by atoms with Crippen LogP contribution in [0, 0.1) is 11.7 Å². The van der Waals surface area contributed by atoms with Gasteiger partial charge in [0, 0.05) is 18.0 Å². The fraction of sp³-hybridized carbons (Fsp3) is 0.625. The summed E-state index contributed by atoms with van der Waals surface area (Å²) in [7, 11) is 2.05. The first-order valence-electron chi connectivity index (χ1n) is 7.37. The van der Waals surface area contributed by atoms with E-state index in [0.29, 0.717) is 6.04 Å². The molecule has 3 heteroatoms. The molecule has 1 heterocycles. The first-order valence-corrected chi connectivity index (χ1v) is 7.37. The topological polar surface area (TPSA) is 21.3 Å². The average Bonchev–Trinajstić information content (AvgIpc) is 2.80. The first kappa shape index (κ1) is 12.9. The molecule has 0 spiro atoms. The Bertz CT molecular complexity index is 448. The zero-order valence-electron chi connectivity index (χ0n) is 11.5. The molecule has 0 saturated heterocycles. The van der Waals surface area contributed by atoms with Gasteiger partial charge in [0.25, 0.3) is 0 Å². The predicted octanol–water partition coefficient (Wildman–Crippen LogP) is 3.30. The SMILES string of the molecule is CNC1CCCC(CC2Cc3cc(F)ccc3O2)C1. The number of benzene rings is 1. The lowest BCUT2D eigenvalue weighted by molar-refractivity contribution is 0.166. The second kappa shape index (κ2) is 5.49. The van der Waals surface area contributed by atoms with Crippen LogP contribution in [-0.4, -0.2) is 19.2 Å². The van der Waals surface area contributed by atoms with Crippen molar-refractivity contribution in [3.05, 3.63) is 29.6 Å². The molecule has 3 atom stereocenters. The Morgan fingerprint density at radius 1 is 1.37 bits per heavy atom. The van der Waals surface area contributed by atoms with Crippen LogP contribution in [0.15, 0.2) is 18.2 Å².